The predicted octanol–water partition coefficient (Wildman–Crippen LogP) is 6.50. The number of hydrogen-bond acceptors (Lipinski definition) is 6. The number of nitro benzene ring substituents is 1. The zero-order chi connectivity index (χ0) is 21.5. The molecule has 0 saturated heterocycles. The standard InChI is InChI=1S/C22H12ClN3O3S2/c23-13-6-7-14-15(21(27)24-17(14)11-13)9-12-5-8-20(18(10-12)26(28)29)31-22-25-16-3-1-2-4-19(16)30-22/h1-11H,(H,24,27). The molecule has 5 rings (SSSR count). The van der Waals surface area contributed by atoms with Gasteiger partial charge in [-0.05, 0) is 42.0 Å². The summed E-state index contributed by atoms with van der Waals surface area (Å²) in [6.07, 6.45) is 1.65. The molecule has 0 atom stereocenters. The Hall–Kier alpha value is -3.20. The van der Waals surface area contributed by atoms with E-state index in [4.69, 9.17) is 11.6 Å². The SMILES string of the molecule is O=C1Nc2cc(Cl)ccc2C1=Cc1ccc(Sc2nc3ccccc3s2)c([N+](=O)[O-])c1. The second kappa shape index (κ2) is 7.81. The molecule has 0 aliphatic carbocycles. The number of para-hydroxylation sites is 1. The van der Waals surface area contributed by atoms with E-state index in [0.29, 0.717) is 32.3 Å². The quantitative estimate of drug-likeness (QED) is 0.211. The third kappa shape index (κ3) is 3.81. The van der Waals surface area contributed by atoms with Gasteiger partial charge in [0, 0.05) is 22.2 Å². The second-order valence-electron chi connectivity index (χ2n) is 6.74. The van der Waals surface area contributed by atoms with Crippen LogP contribution in [0.25, 0.3) is 21.9 Å². The lowest BCUT2D eigenvalue weighted by Gasteiger charge is -2.03. The molecule has 0 spiro atoms. The van der Waals surface area contributed by atoms with Crippen LogP contribution in [0.3, 0.4) is 0 Å². The topological polar surface area (TPSA) is 85.1 Å². The minimum Gasteiger partial charge on any atom is -0.321 e. The van der Waals surface area contributed by atoms with Crippen LogP contribution in [0.4, 0.5) is 11.4 Å². The zero-order valence-corrected chi connectivity index (χ0v) is 18.1. The summed E-state index contributed by atoms with van der Waals surface area (Å²) in [7, 11) is 0. The van der Waals surface area contributed by atoms with Gasteiger partial charge in [0.05, 0.1) is 25.7 Å². The van der Waals surface area contributed by atoms with E-state index in [9.17, 15) is 14.9 Å². The fourth-order valence-corrected chi connectivity index (χ4v) is 5.60. The summed E-state index contributed by atoms with van der Waals surface area (Å²) in [5.41, 5.74) is 3.17. The summed E-state index contributed by atoms with van der Waals surface area (Å²) in [5.74, 6) is -0.271. The monoisotopic (exact) mass is 465 g/mol. The lowest BCUT2D eigenvalue weighted by atomic mass is 10.0. The normalized spacial score (nSPS) is 14.1. The molecule has 1 aromatic heterocycles. The molecule has 9 heteroatoms. The maximum Gasteiger partial charge on any atom is 0.283 e. The number of carbonyl (C=O) groups is 1. The number of thiazole rings is 1. The molecule has 0 saturated carbocycles. The van der Waals surface area contributed by atoms with Crippen molar-refractivity contribution in [2.24, 2.45) is 0 Å². The van der Waals surface area contributed by atoms with Gasteiger partial charge in [-0.2, -0.15) is 0 Å². The van der Waals surface area contributed by atoms with Crippen molar-refractivity contribution in [3.63, 3.8) is 0 Å². The number of nitro groups is 1. The van der Waals surface area contributed by atoms with Crippen molar-refractivity contribution in [1.82, 2.24) is 4.98 Å². The Bertz CT molecular complexity index is 1380. The van der Waals surface area contributed by atoms with Crippen molar-refractivity contribution in [1.29, 1.82) is 0 Å². The molecule has 1 N–H and O–H groups in total. The van der Waals surface area contributed by atoms with Crippen LogP contribution >= 0.6 is 34.7 Å². The molecule has 1 amide bonds. The number of amides is 1. The molecule has 6 nitrogen and oxygen atoms in total. The lowest BCUT2D eigenvalue weighted by Crippen LogP contribution is -2.03. The van der Waals surface area contributed by atoms with Crippen molar-refractivity contribution in [2.75, 3.05) is 5.32 Å². The summed E-state index contributed by atoms with van der Waals surface area (Å²) in [6.45, 7) is 0. The molecule has 0 radical (unpaired) electrons. The van der Waals surface area contributed by atoms with Gasteiger partial charge in [0.2, 0.25) is 0 Å². The Morgan fingerprint density at radius 1 is 1.13 bits per heavy atom. The van der Waals surface area contributed by atoms with Crippen LogP contribution in [0.5, 0.6) is 0 Å². The van der Waals surface area contributed by atoms with Gasteiger partial charge in [0.25, 0.3) is 11.6 Å². The number of aromatic nitrogens is 1. The number of halogens is 1. The molecule has 3 aromatic carbocycles. The first-order chi connectivity index (χ1) is 15.0. The van der Waals surface area contributed by atoms with Crippen molar-refractivity contribution in [3.05, 3.63) is 86.9 Å². The Balaban J connectivity index is 1.51. The van der Waals surface area contributed by atoms with E-state index < -0.39 is 4.92 Å². The second-order valence-corrected chi connectivity index (χ2v) is 9.49. The molecular formula is C22H12ClN3O3S2. The molecule has 1 aliphatic heterocycles. The highest BCUT2D eigenvalue weighted by molar-refractivity contribution is 8.01. The molecule has 4 aromatic rings. The predicted molar refractivity (Wildman–Crippen MR) is 125 cm³/mol. The highest BCUT2D eigenvalue weighted by atomic mass is 35.5. The average molecular weight is 466 g/mol. The number of hydrogen-bond donors (Lipinski definition) is 1. The van der Waals surface area contributed by atoms with Crippen LogP contribution in [-0.2, 0) is 4.79 Å². The number of fused-ring (bicyclic) bond motifs is 2. The molecule has 0 bridgehead atoms. The minimum atomic E-state index is -0.417. The van der Waals surface area contributed by atoms with Crippen LogP contribution in [0, 0.1) is 10.1 Å². The van der Waals surface area contributed by atoms with Gasteiger partial charge in [-0.1, -0.05) is 47.6 Å². The van der Waals surface area contributed by atoms with E-state index in [1.807, 2.05) is 24.3 Å². The summed E-state index contributed by atoms with van der Waals surface area (Å²) in [4.78, 5) is 28.7. The van der Waals surface area contributed by atoms with Gasteiger partial charge in [-0.3, -0.25) is 14.9 Å². The Labute approximate surface area is 189 Å². The Morgan fingerprint density at radius 3 is 2.77 bits per heavy atom. The minimum absolute atomic E-state index is 0.0339. The van der Waals surface area contributed by atoms with E-state index in [0.717, 1.165) is 14.6 Å². The van der Waals surface area contributed by atoms with Gasteiger partial charge in [-0.15, -0.1) is 11.3 Å². The zero-order valence-electron chi connectivity index (χ0n) is 15.7. The Morgan fingerprint density at radius 2 is 1.97 bits per heavy atom. The van der Waals surface area contributed by atoms with Crippen LogP contribution in [0.1, 0.15) is 11.1 Å². The summed E-state index contributed by atoms with van der Waals surface area (Å²) < 4.78 is 1.76. The molecule has 0 unspecified atom stereocenters. The smallest absolute Gasteiger partial charge is 0.283 e. The molecule has 31 heavy (non-hydrogen) atoms. The van der Waals surface area contributed by atoms with Crippen LogP contribution < -0.4 is 5.32 Å². The van der Waals surface area contributed by atoms with Gasteiger partial charge in [0.15, 0.2) is 4.34 Å². The molecule has 0 fully saturated rings. The molecular weight excluding hydrogens is 454 g/mol. The summed E-state index contributed by atoms with van der Waals surface area (Å²) in [6, 6.07) is 17.8. The highest BCUT2D eigenvalue weighted by Gasteiger charge is 2.25. The maximum absolute atomic E-state index is 12.4. The largest absolute Gasteiger partial charge is 0.321 e. The third-order valence-corrected chi connectivity index (χ3v) is 7.12. The number of benzene rings is 3. The fraction of sp³-hybridized carbons (Fsp3) is 0. The molecule has 152 valence electrons. The third-order valence-electron chi connectivity index (χ3n) is 4.73. The van der Waals surface area contributed by atoms with Crippen LogP contribution in [0.15, 0.2) is 69.9 Å². The van der Waals surface area contributed by atoms with Crippen molar-refractivity contribution < 1.29 is 9.72 Å². The number of rotatable bonds is 4. The summed E-state index contributed by atoms with van der Waals surface area (Å²) >= 11 is 8.74. The van der Waals surface area contributed by atoms with E-state index in [-0.39, 0.29) is 11.6 Å². The Kier molecular flexibility index (Phi) is 4.97. The van der Waals surface area contributed by atoms with Gasteiger partial charge in [0.1, 0.15) is 0 Å². The molecule has 1 aliphatic rings. The van der Waals surface area contributed by atoms with E-state index >= 15 is 0 Å². The number of nitrogens with zero attached hydrogens (tertiary/aromatic N) is 2. The number of carbonyl (C=O) groups excluding carboxylic acids is 1. The molecule has 2 heterocycles. The fourth-order valence-electron chi connectivity index (χ4n) is 3.32. The van der Waals surface area contributed by atoms with Gasteiger partial charge < -0.3 is 5.32 Å². The lowest BCUT2D eigenvalue weighted by molar-refractivity contribution is -0.387. The first-order valence-electron chi connectivity index (χ1n) is 9.13. The number of nitrogens with one attached hydrogen (secondary N) is 1. The first-order valence-corrected chi connectivity index (χ1v) is 11.1. The van der Waals surface area contributed by atoms with Crippen molar-refractivity contribution in [3.8, 4) is 0 Å². The van der Waals surface area contributed by atoms with Crippen LogP contribution in [-0.4, -0.2) is 15.8 Å². The maximum atomic E-state index is 12.4. The average Bonchev–Trinajstić information content (AvgIpc) is 3.28. The first kappa shape index (κ1) is 19.7. The summed E-state index contributed by atoms with van der Waals surface area (Å²) in [5, 5.41) is 15.0. The van der Waals surface area contributed by atoms with Crippen molar-refractivity contribution in [2.45, 2.75) is 9.24 Å². The number of anilines is 1. The van der Waals surface area contributed by atoms with Gasteiger partial charge in [-0.25, -0.2) is 4.98 Å². The van der Waals surface area contributed by atoms with Gasteiger partial charge >= 0.3 is 0 Å². The highest BCUT2D eigenvalue weighted by Crippen LogP contribution is 2.40. The van der Waals surface area contributed by atoms with Crippen molar-refractivity contribution >= 4 is 73.8 Å². The van der Waals surface area contributed by atoms with E-state index in [2.05, 4.69) is 10.3 Å². The van der Waals surface area contributed by atoms with E-state index in [1.54, 1.807) is 36.4 Å². The van der Waals surface area contributed by atoms with Crippen LogP contribution in [0.2, 0.25) is 5.02 Å². The van der Waals surface area contributed by atoms with E-state index in [1.165, 1.54) is 29.2 Å².